The number of halogens is 1. The van der Waals surface area contributed by atoms with Gasteiger partial charge in [0.25, 0.3) is 0 Å². The van der Waals surface area contributed by atoms with Gasteiger partial charge in [0.05, 0.1) is 0 Å². The first kappa shape index (κ1) is 17.6. The predicted octanol–water partition coefficient (Wildman–Crippen LogP) is 3.15. The monoisotopic (exact) mass is 340 g/mol. The number of amides is 1. The summed E-state index contributed by atoms with van der Waals surface area (Å²) in [5.74, 6) is 0.0633. The Morgan fingerprint density at radius 2 is 1.48 bits per heavy atom. The molecule has 0 radical (unpaired) electrons. The number of aryl methyl sites for hydroxylation is 1. The molecule has 4 heteroatoms. The van der Waals surface area contributed by atoms with E-state index in [-0.39, 0.29) is 11.7 Å². The van der Waals surface area contributed by atoms with Gasteiger partial charge in [-0.2, -0.15) is 0 Å². The molecule has 0 unspecified atom stereocenters. The third-order valence-corrected chi connectivity index (χ3v) is 4.83. The van der Waals surface area contributed by atoms with Crippen molar-refractivity contribution in [1.82, 2.24) is 9.80 Å². The van der Waals surface area contributed by atoms with E-state index in [1.165, 1.54) is 17.7 Å². The molecular formula is C21H25FN2O. The van der Waals surface area contributed by atoms with Gasteiger partial charge >= 0.3 is 0 Å². The fourth-order valence-corrected chi connectivity index (χ4v) is 3.21. The molecule has 1 amide bonds. The summed E-state index contributed by atoms with van der Waals surface area (Å²) in [7, 11) is 0. The molecule has 1 aliphatic heterocycles. The normalized spacial score (nSPS) is 15.3. The van der Waals surface area contributed by atoms with Gasteiger partial charge in [-0.25, -0.2) is 4.39 Å². The van der Waals surface area contributed by atoms with Crippen LogP contribution in [0.2, 0.25) is 0 Å². The minimum absolute atomic E-state index is 0.189. The molecule has 1 fully saturated rings. The van der Waals surface area contributed by atoms with E-state index in [9.17, 15) is 9.18 Å². The van der Waals surface area contributed by atoms with Crippen molar-refractivity contribution in [2.75, 3.05) is 32.7 Å². The average Bonchev–Trinajstić information content (AvgIpc) is 2.67. The van der Waals surface area contributed by atoms with Crippen LogP contribution in [-0.4, -0.2) is 48.4 Å². The van der Waals surface area contributed by atoms with Crippen molar-refractivity contribution in [3.8, 4) is 0 Å². The number of carbonyl (C=O) groups excluding carboxylic acids is 1. The van der Waals surface area contributed by atoms with E-state index in [2.05, 4.69) is 17.0 Å². The average molecular weight is 340 g/mol. The van der Waals surface area contributed by atoms with Crippen LogP contribution in [0.5, 0.6) is 0 Å². The molecular weight excluding hydrogens is 315 g/mol. The Morgan fingerprint density at radius 3 is 2.16 bits per heavy atom. The highest BCUT2D eigenvalue weighted by molar-refractivity contribution is 5.76. The maximum atomic E-state index is 12.9. The van der Waals surface area contributed by atoms with Crippen molar-refractivity contribution < 1.29 is 9.18 Å². The maximum absolute atomic E-state index is 12.9. The Kier molecular flexibility index (Phi) is 6.18. The van der Waals surface area contributed by atoms with Crippen molar-refractivity contribution >= 4 is 5.91 Å². The van der Waals surface area contributed by atoms with Crippen molar-refractivity contribution in [2.45, 2.75) is 19.3 Å². The van der Waals surface area contributed by atoms with Gasteiger partial charge in [-0.3, -0.25) is 9.69 Å². The summed E-state index contributed by atoms with van der Waals surface area (Å²) >= 11 is 0. The van der Waals surface area contributed by atoms with E-state index in [0.717, 1.165) is 51.1 Å². The highest BCUT2D eigenvalue weighted by atomic mass is 19.1. The summed E-state index contributed by atoms with van der Waals surface area (Å²) in [6.07, 6.45) is 2.31. The maximum Gasteiger partial charge on any atom is 0.222 e. The number of hydrogen-bond donors (Lipinski definition) is 0. The van der Waals surface area contributed by atoms with Crippen LogP contribution in [0.1, 0.15) is 17.5 Å². The molecule has 132 valence electrons. The number of hydrogen-bond acceptors (Lipinski definition) is 2. The molecule has 1 aliphatic rings. The quantitative estimate of drug-likeness (QED) is 0.806. The Bertz CT molecular complexity index is 664. The van der Waals surface area contributed by atoms with Crippen LogP contribution in [-0.2, 0) is 17.6 Å². The zero-order chi connectivity index (χ0) is 17.5. The third kappa shape index (κ3) is 5.40. The molecule has 2 aromatic carbocycles. The zero-order valence-electron chi connectivity index (χ0n) is 14.5. The van der Waals surface area contributed by atoms with Crippen LogP contribution in [0.15, 0.2) is 54.6 Å². The standard InChI is InChI=1S/C21H25FN2O/c22-20-9-6-19(7-10-20)12-13-23-14-16-24(17-15-23)21(25)11-8-18-4-2-1-3-5-18/h1-7,9-10H,8,11-17H2. The Labute approximate surface area is 149 Å². The van der Waals surface area contributed by atoms with Gasteiger partial charge in [0.1, 0.15) is 5.82 Å². The molecule has 0 N–H and O–H groups in total. The Hall–Kier alpha value is -2.20. The first-order valence-corrected chi connectivity index (χ1v) is 8.99. The van der Waals surface area contributed by atoms with Crippen molar-refractivity contribution in [3.05, 3.63) is 71.5 Å². The van der Waals surface area contributed by atoms with Crippen LogP contribution in [0.25, 0.3) is 0 Å². The molecule has 0 spiro atoms. The predicted molar refractivity (Wildman–Crippen MR) is 97.9 cm³/mol. The second-order valence-corrected chi connectivity index (χ2v) is 6.58. The molecule has 2 aromatic rings. The van der Waals surface area contributed by atoms with Crippen LogP contribution in [0.4, 0.5) is 4.39 Å². The fraction of sp³-hybridized carbons (Fsp3) is 0.381. The van der Waals surface area contributed by atoms with Gasteiger partial charge in [-0.1, -0.05) is 42.5 Å². The Balaban J connectivity index is 1.37. The van der Waals surface area contributed by atoms with Crippen LogP contribution in [0.3, 0.4) is 0 Å². The van der Waals surface area contributed by atoms with Crippen molar-refractivity contribution in [2.24, 2.45) is 0 Å². The highest BCUT2D eigenvalue weighted by Crippen LogP contribution is 2.09. The van der Waals surface area contributed by atoms with E-state index < -0.39 is 0 Å². The molecule has 0 aliphatic carbocycles. The van der Waals surface area contributed by atoms with E-state index in [1.807, 2.05) is 35.2 Å². The second-order valence-electron chi connectivity index (χ2n) is 6.58. The molecule has 1 saturated heterocycles. The summed E-state index contributed by atoms with van der Waals surface area (Å²) in [6, 6.07) is 16.9. The molecule has 1 heterocycles. The van der Waals surface area contributed by atoms with E-state index >= 15 is 0 Å². The number of rotatable bonds is 6. The van der Waals surface area contributed by atoms with Gasteiger partial charge in [0.15, 0.2) is 0 Å². The van der Waals surface area contributed by atoms with Gasteiger partial charge in [-0.05, 0) is 36.1 Å². The van der Waals surface area contributed by atoms with Gasteiger partial charge in [0.2, 0.25) is 5.91 Å². The smallest absolute Gasteiger partial charge is 0.222 e. The first-order valence-electron chi connectivity index (χ1n) is 8.99. The fourth-order valence-electron chi connectivity index (χ4n) is 3.21. The number of piperazine rings is 1. The lowest BCUT2D eigenvalue weighted by Gasteiger charge is -2.34. The van der Waals surface area contributed by atoms with E-state index in [1.54, 1.807) is 0 Å². The lowest BCUT2D eigenvalue weighted by Crippen LogP contribution is -2.49. The van der Waals surface area contributed by atoms with Gasteiger partial charge in [0, 0.05) is 39.1 Å². The molecule has 0 atom stereocenters. The summed E-state index contributed by atoms with van der Waals surface area (Å²) in [4.78, 5) is 16.7. The summed E-state index contributed by atoms with van der Waals surface area (Å²) in [6.45, 7) is 4.39. The molecule has 25 heavy (non-hydrogen) atoms. The van der Waals surface area contributed by atoms with E-state index in [0.29, 0.717) is 6.42 Å². The summed E-state index contributed by atoms with van der Waals surface area (Å²) < 4.78 is 12.9. The van der Waals surface area contributed by atoms with Gasteiger partial charge < -0.3 is 4.90 Å². The van der Waals surface area contributed by atoms with Gasteiger partial charge in [-0.15, -0.1) is 0 Å². The second kappa shape index (κ2) is 8.77. The van der Waals surface area contributed by atoms with Crippen LogP contribution >= 0.6 is 0 Å². The highest BCUT2D eigenvalue weighted by Gasteiger charge is 2.20. The molecule has 0 aromatic heterocycles. The lowest BCUT2D eigenvalue weighted by molar-refractivity contribution is -0.132. The molecule has 0 bridgehead atoms. The zero-order valence-corrected chi connectivity index (χ0v) is 14.5. The first-order chi connectivity index (χ1) is 12.2. The number of carbonyl (C=O) groups is 1. The largest absolute Gasteiger partial charge is 0.340 e. The SMILES string of the molecule is O=C(CCc1ccccc1)N1CCN(CCc2ccc(F)cc2)CC1. The topological polar surface area (TPSA) is 23.6 Å². The number of benzene rings is 2. The van der Waals surface area contributed by atoms with Crippen LogP contribution in [0, 0.1) is 5.82 Å². The molecule has 3 nitrogen and oxygen atoms in total. The van der Waals surface area contributed by atoms with Crippen molar-refractivity contribution in [1.29, 1.82) is 0 Å². The molecule has 3 rings (SSSR count). The lowest BCUT2D eigenvalue weighted by atomic mass is 10.1. The van der Waals surface area contributed by atoms with Crippen molar-refractivity contribution in [3.63, 3.8) is 0 Å². The minimum Gasteiger partial charge on any atom is -0.340 e. The Morgan fingerprint density at radius 1 is 0.840 bits per heavy atom. The van der Waals surface area contributed by atoms with Crippen LogP contribution < -0.4 is 0 Å². The molecule has 0 saturated carbocycles. The van der Waals surface area contributed by atoms with E-state index in [4.69, 9.17) is 0 Å². The summed E-state index contributed by atoms with van der Waals surface area (Å²) in [5, 5.41) is 0. The third-order valence-electron chi connectivity index (χ3n) is 4.83. The summed E-state index contributed by atoms with van der Waals surface area (Å²) in [5.41, 5.74) is 2.37. The minimum atomic E-state index is -0.189. The number of nitrogens with zero attached hydrogens (tertiary/aromatic N) is 2.